The van der Waals surface area contributed by atoms with Gasteiger partial charge in [0.15, 0.2) is 8.24 Å². The van der Waals surface area contributed by atoms with Crippen LogP contribution in [0.1, 0.15) is 0 Å². The first-order valence-electron chi connectivity index (χ1n) is 4.46. The van der Waals surface area contributed by atoms with Crippen LogP contribution in [0, 0.1) is 0 Å². The Kier molecular flexibility index (Phi) is 3.11. The molecule has 1 rings (SSSR count). The molecular weight excluding hydrogens is 212 g/mol. The van der Waals surface area contributed by atoms with Gasteiger partial charge < -0.3 is 0 Å². The number of hydrogen-bond acceptors (Lipinski definition) is 3. The van der Waals surface area contributed by atoms with E-state index in [4.69, 9.17) is 0 Å². The second-order valence-corrected chi connectivity index (χ2v) is 11.3. The summed E-state index contributed by atoms with van der Waals surface area (Å²) in [7, 11) is -3.96. The average molecular weight is 228 g/mol. The third-order valence-electron chi connectivity index (χ3n) is 1.47. The van der Waals surface area contributed by atoms with Crippen molar-refractivity contribution in [3.8, 4) is 0 Å². The van der Waals surface area contributed by atoms with Gasteiger partial charge in [-0.25, -0.2) is 9.19 Å². The van der Waals surface area contributed by atoms with Gasteiger partial charge in [-0.1, -0.05) is 6.07 Å². The summed E-state index contributed by atoms with van der Waals surface area (Å²) < 4.78 is 16.6. The molecule has 0 saturated carbocycles. The second-order valence-electron chi connectivity index (χ2n) is 4.23. The molecule has 1 atom stereocenters. The zero-order chi connectivity index (χ0) is 10.8. The van der Waals surface area contributed by atoms with Crippen molar-refractivity contribution in [2.24, 2.45) is 4.03 Å². The standard InChI is InChI=1S/C9H16N2OSSi/c1-13(12,11-14(2,3)4)9-7-5-6-8-10-9/h5-8H,1-4H3. The number of nitrogens with zero attached hydrogens (tertiary/aromatic N) is 2. The maximum Gasteiger partial charge on any atom is 0.185 e. The third-order valence-corrected chi connectivity index (χ3v) is 6.08. The molecule has 0 aromatic carbocycles. The van der Waals surface area contributed by atoms with E-state index in [1.54, 1.807) is 18.5 Å². The number of aromatic nitrogens is 1. The van der Waals surface area contributed by atoms with Gasteiger partial charge in [-0.05, 0) is 31.8 Å². The van der Waals surface area contributed by atoms with Crippen LogP contribution in [0.15, 0.2) is 33.5 Å². The number of rotatable bonds is 2. The highest BCUT2D eigenvalue weighted by Gasteiger charge is 2.16. The van der Waals surface area contributed by atoms with Crippen LogP contribution in [0.5, 0.6) is 0 Å². The summed E-state index contributed by atoms with van der Waals surface area (Å²) in [6.45, 7) is 6.21. The molecule has 5 heteroatoms. The Morgan fingerprint density at radius 3 is 2.43 bits per heavy atom. The SMILES string of the molecule is C[Si](C)(C)N=S(C)(=O)c1ccccn1. The molecule has 0 N–H and O–H groups in total. The zero-order valence-corrected chi connectivity index (χ0v) is 10.8. The van der Waals surface area contributed by atoms with Crippen molar-refractivity contribution in [3.05, 3.63) is 24.4 Å². The van der Waals surface area contributed by atoms with E-state index in [1.165, 1.54) is 0 Å². The van der Waals surface area contributed by atoms with Crippen molar-refractivity contribution < 1.29 is 4.21 Å². The fourth-order valence-electron chi connectivity index (χ4n) is 1.14. The van der Waals surface area contributed by atoms with Gasteiger partial charge in [0.25, 0.3) is 0 Å². The molecular formula is C9H16N2OSSi. The lowest BCUT2D eigenvalue weighted by molar-refractivity contribution is 0.678. The summed E-state index contributed by atoms with van der Waals surface area (Å²) in [6.07, 6.45) is 3.31. The Labute approximate surface area is 86.9 Å². The molecule has 0 amide bonds. The molecule has 1 aromatic rings. The molecule has 0 aliphatic carbocycles. The first kappa shape index (κ1) is 11.4. The van der Waals surface area contributed by atoms with Crippen LogP contribution >= 0.6 is 0 Å². The van der Waals surface area contributed by atoms with Gasteiger partial charge in [0.05, 0.1) is 9.73 Å². The molecule has 0 spiro atoms. The van der Waals surface area contributed by atoms with E-state index < -0.39 is 18.0 Å². The van der Waals surface area contributed by atoms with Crippen LogP contribution in [0.25, 0.3) is 0 Å². The van der Waals surface area contributed by atoms with Crippen molar-refractivity contribution in [3.63, 3.8) is 0 Å². The molecule has 1 heterocycles. The van der Waals surface area contributed by atoms with Gasteiger partial charge in [-0.3, -0.25) is 4.03 Å². The van der Waals surface area contributed by atoms with Crippen molar-refractivity contribution in [1.82, 2.24) is 4.98 Å². The minimum absolute atomic E-state index is 0.586. The van der Waals surface area contributed by atoms with Crippen LogP contribution in [0.3, 0.4) is 0 Å². The molecule has 0 saturated heterocycles. The summed E-state index contributed by atoms with van der Waals surface area (Å²) in [6, 6.07) is 5.42. The number of pyridine rings is 1. The quantitative estimate of drug-likeness (QED) is 0.729. The van der Waals surface area contributed by atoms with E-state index in [9.17, 15) is 4.21 Å². The highest BCUT2D eigenvalue weighted by atomic mass is 32.2. The average Bonchev–Trinajstić information content (AvgIpc) is 2.01. The van der Waals surface area contributed by atoms with Gasteiger partial charge in [0.1, 0.15) is 5.03 Å². The van der Waals surface area contributed by atoms with Crippen molar-refractivity contribution in [1.29, 1.82) is 0 Å². The Morgan fingerprint density at radius 2 is 2.00 bits per heavy atom. The molecule has 0 fully saturated rings. The van der Waals surface area contributed by atoms with E-state index in [0.29, 0.717) is 5.03 Å². The number of hydrogen-bond donors (Lipinski definition) is 0. The van der Waals surface area contributed by atoms with E-state index in [0.717, 1.165) is 0 Å². The summed E-state index contributed by atoms with van der Waals surface area (Å²) >= 11 is 0. The van der Waals surface area contributed by atoms with Gasteiger partial charge in [-0.2, -0.15) is 0 Å². The predicted molar refractivity (Wildman–Crippen MR) is 62.3 cm³/mol. The molecule has 3 nitrogen and oxygen atoms in total. The minimum Gasteiger partial charge on any atom is -0.273 e. The maximum atomic E-state index is 12.2. The van der Waals surface area contributed by atoms with E-state index >= 15 is 0 Å². The highest BCUT2D eigenvalue weighted by molar-refractivity contribution is 7.93. The maximum absolute atomic E-state index is 12.2. The molecule has 14 heavy (non-hydrogen) atoms. The van der Waals surface area contributed by atoms with Crippen molar-refractivity contribution in [2.45, 2.75) is 24.7 Å². The van der Waals surface area contributed by atoms with Crippen LogP contribution in [-0.4, -0.2) is 23.7 Å². The van der Waals surface area contributed by atoms with E-state index in [-0.39, 0.29) is 0 Å². The lowest BCUT2D eigenvalue weighted by atomic mass is 10.5. The van der Waals surface area contributed by atoms with Crippen LogP contribution in [0.2, 0.25) is 19.6 Å². The monoisotopic (exact) mass is 228 g/mol. The van der Waals surface area contributed by atoms with Crippen LogP contribution in [-0.2, 0) is 9.73 Å². The van der Waals surface area contributed by atoms with E-state index in [1.807, 2.05) is 12.1 Å². The second kappa shape index (κ2) is 3.82. The Balaban J connectivity index is 3.23. The van der Waals surface area contributed by atoms with Gasteiger partial charge in [-0.15, -0.1) is 0 Å². The molecule has 1 aromatic heterocycles. The van der Waals surface area contributed by atoms with Crippen molar-refractivity contribution in [2.75, 3.05) is 6.26 Å². The molecule has 0 bridgehead atoms. The molecule has 0 aliphatic rings. The Hall–Kier alpha value is -0.683. The first-order chi connectivity index (χ1) is 6.31. The smallest absolute Gasteiger partial charge is 0.185 e. The van der Waals surface area contributed by atoms with Crippen molar-refractivity contribution >= 4 is 18.0 Å². The van der Waals surface area contributed by atoms with E-state index in [2.05, 4.69) is 28.7 Å². The molecule has 0 aliphatic heterocycles. The summed E-state index contributed by atoms with van der Waals surface area (Å²) in [5, 5.41) is 0.586. The largest absolute Gasteiger partial charge is 0.273 e. The molecule has 78 valence electrons. The summed E-state index contributed by atoms with van der Waals surface area (Å²) in [5.74, 6) is 0. The summed E-state index contributed by atoms with van der Waals surface area (Å²) in [5.41, 5.74) is 0. The molecule has 0 radical (unpaired) electrons. The zero-order valence-electron chi connectivity index (χ0n) is 9.02. The fourth-order valence-corrected chi connectivity index (χ4v) is 6.28. The predicted octanol–water partition coefficient (Wildman–Crippen LogP) is 2.37. The van der Waals surface area contributed by atoms with Gasteiger partial charge in [0.2, 0.25) is 0 Å². The lowest BCUT2D eigenvalue weighted by Gasteiger charge is -2.12. The lowest BCUT2D eigenvalue weighted by Crippen LogP contribution is -2.19. The Bertz CT molecular complexity index is 416. The fraction of sp³-hybridized carbons (Fsp3) is 0.444. The Morgan fingerprint density at radius 1 is 1.36 bits per heavy atom. The van der Waals surface area contributed by atoms with Gasteiger partial charge in [0, 0.05) is 12.5 Å². The first-order valence-corrected chi connectivity index (χ1v) is 9.83. The summed E-state index contributed by atoms with van der Waals surface area (Å²) in [4.78, 5) is 4.09. The topological polar surface area (TPSA) is 42.3 Å². The minimum atomic E-state index is -2.29. The molecule has 1 unspecified atom stereocenters. The normalized spacial score (nSPS) is 16.0. The highest BCUT2D eigenvalue weighted by Crippen LogP contribution is 2.13. The third kappa shape index (κ3) is 3.23. The van der Waals surface area contributed by atoms with Gasteiger partial charge >= 0.3 is 0 Å². The van der Waals surface area contributed by atoms with Crippen LogP contribution < -0.4 is 0 Å². The van der Waals surface area contributed by atoms with Crippen LogP contribution in [0.4, 0.5) is 0 Å².